The Bertz CT molecular complexity index is 659. The topological polar surface area (TPSA) is 53.1 Å². The lowest BCUT2D eigenvalue weighted by molar-refractivity contribution is -0.136. The van der Waals surface area contributed by atoms with Crippen molar-refractivity contribution in [2.75, 3.05) is 60.0 Å². The number of piperidine rings is 1. The van der Waals surface area contributed by atoms with Crippen LogP contribution in [0.1, 0.15) is 24.8 Å². The summed E-state index contributed by atoms with van der Waals surface area (Å²) in [6.07, 6.45) is 3.45. The molecule has 0 radical (unpaired) electrons. The van der Waals surface area contributed by atoms with Crippen molar-refractivity contribution in [1.29, 1.82) is 0 Å². The lowest BCUT2D eigenvalue weighted by atomic mass is 9.95. The van der Waals surface area contributed by atoms with Gasteiger partial charge >= 0.3 is 0 Å². The van der Waals surface area contributed by atoms with Crippen LogP contribution in [0.4, 0.5) is 0 Å². The second-order valence-corrected chi connectivity index (χ2v) is 8.50. The summed E-state index contributed by atoms with van der Waals surface area (Å²) in [4.78, 5) is 31.9. The molecule has 0 aromatic heterocycles. The summed E-state index contributed by atoms with van der Waals surface area (Å²) in [5, 5.41) is 0. The van der Waals surface area contributed by atoms with E-state index in [0.717, 1.165) is 45.4 Å². The third-order valence-corrected chi connectivity index (χ3v) is 6.27. The van der Waals surface area contributed by atoms with E-state index in [1.54, 1.807) is 12.0 Å². The number of benzene rings is 1. The Morgan fingerprint density at radius 1 is 1.21 bits per heavy atom. The molecule has 6 nitrogen and oxygen atoms in total. The van der Waals surface area contributed by atoms with Gasteiger partial charge < -0.3 is 19.4 Å². The quantitative estimate of drug-likeness (QED) is 0.634. The summed E-state index contributed by atoms with van der Waals surface area (Å²) in [5.41, 5.74) is 1.25. The van der Waals surface area contributed by atoms with Gasteiger partial charge in [0.05, 0.1) is 12.5 Å². The fourth-order valence-corrected chi connectivity index (χ4v) is 4.37. The molecule has 160 valence electrons. The maximum Gasteiger partial charge on any atom is 0.228 e. The molecule has 2 heterocycles. The van der Waals surface area contributed by atoms with Crippen molar-refractivity contribution in [1.82, 2.24) is 14.7 Å². The molecule has 2 saturated heterocycles. The summed E-state index contributed by atoms with van der Waals surface area (Å²) in [5.74, 6) is 0.546. The first-order valence-corrected chi connectivity index (χ1v) is 10.8. The third-order valence-electron chi connectivity index (χ3n) is 6.27. The average molecular weight is 402 g/mol. The molecule has 1 aromatic rings. The summed E-state index contributed by atoms with van der Waals surface area (Å²) < 4.78 is 5.10. The van der Waals surface area contributed by atoms with Crippen LogP contribution in [-0.4, -0.2) is 86.5 Å². The molecule has 2 amide bonds. The van der Waals surface area contributed by atoms with Crippen LogP contribution in [0.3, 0.4) is 0 Å². The van der Waals surface area contributed by atoms with Crippen LogP contribution in [0.2, 0.25) is 0 Å². The lowest BCUT2D eigenvalue weighted by Gasteiger charge is -2.34. The normalized spacial score (nSPS) is 21.0. The molecule has 1 aromatic carbocycles. The zero-order valence-corrected chi connectivity index (χ0v) is 17.9. The molecule has 2 fully saturated rings. The van der Waals surface area contributed by atoms with Gasteiger partial charge in [0.15, 0.2) is 0 Å². The zero-order chi connectivity index (χ0) is 20.6. The largest absolute Gasteiger partial charge is 0.383 e. The van der Waals surface area contributed by atoms with Gasteiger partial charge in [-0.1, -0.05) is 30.3 Å². The highest BCUT2D eigenvalue weighted by atomic mass is 16.5. The average Bonchev–Trinajstić information content (AvgIpc) is 3.11. The predicted octanol–water partition coefficient (Wildman–Crippen LogP) is 1.89. The minimum absolute atomic E-state index is 0.0719. The highest BCUT2D eigenvalue weighted by molar-refractivity contribution is 5.89. The zero-order valence-electron chi connectivity index (χ0n) is 17.9. The number of ether oxygens (including phenoxy) is 1. The highest BCUT2D eigenvalue weighted by Gasteiger charge is 2.36. The number of likely N-dealkylation sites (tertiary alicyclic amines) is 2. The number of carbonyl (C=O) groups excluding carboxylic acids is 2. The van der Waals surface area contributed by atoms with Crippen LogP contribution < -0.4 is 0 Å². The molecule has 2 aliphatic rings. The Balaban J connectivity index is 1.63. The minimum Gasteiger partial charge on any atom is -0.383 e. The molecule has 2 aliphatic heterocycles. The van der Waals surface area contributed by atoms with Crippen molar-refractivity contribution in [3.8, 4) is 0 Å². The van der Waals surface area contributed by atoms with E-state index in [1.165, 1.54) is 5.56 Å². The smallest absolute Gasteiger partial charge is 0.228 e. The fraction of sp³-hybridized carbons (Fsp3) is 0.652. The van der Waals surface area contributed by atoms with E-state index in [1.807, 2.05) is 23.1 Å². The Kier molecular flexibility index (Phi) is 8.07. The SMILES string of the molecule is COCCN1C[C@@H](C(=O)N(CCc2ccccc2)CC2CCN(C)CC2)CC1=O. The lowest BCUT2D eigenvalue weighted by Crippen LogP contribution is -2.43. The molecule has 0 spiro atoms. The van der Waals surface area contributed by atoms with Crippen molar-refractivity contribution < 1.29 is 14.3 Å². The Hall–Kier alpha value is -1.92. The number of nitrogens with zero attached hydrogens (tertiary/aromatic N) is 3. The van der Waals surface area contributed by atoms with Crippen LogP contribution in [0, 0.1) is 11.8 Å². The Morgan fingerprint density at radius 2 is 1.93 bits per heavy atom. The predicted molar refractivity (Wildman–Crippen MR) is 114 cm³/mol. The van der Waals surface area contributed by atoms with Gasteiger partial charge in [0, 0.05) is 39.7 Å². The summed E-state index contributed by atoms with van der Waals surface area (Å²) >= 11 is 0. The van der Waals surface area contributed by atoms with Crippen LogP contribution in [0.25, 0.3) is 0 Å². The molecule has 0 saturated carbocycles. The number of hydrogen-bond acceptors (Lipinski definition) is 4. The molecular formula is C23H35N3O3. The van der Waals surface area contributed by atoms with Crippen molar-refractivity contribution in [2.24, 2.45) is 11.8 Å². The summed E-state index contributed by atoms with van der Waals surface area (Å²) in [6, 6.07) is 10.3. The van der Waals surface area contributed by atoms with Gasteiger partial charge in [-0.2, -0.15) is 0 Å². The number of hydrogen-bond donors (Lipinski definition) is 0. The molecule has 0 N–H and O–H groups in total. The Labute approximate surface area is 174 Å². The van der Waals surface area contributed by atoms with Crippen LogP contribution in [0.15, 0.2) is 30.3 Å². The highest BCUT2D eigenvalue weighted by Crippen LogP contribution is 2.23. The van der Waals surface area contributed by atoms with Gasteiger partial charge in [0.1, 0.15) is 0 Å². The first kappa shape index (κ1) is 21.8. The van der Waals surface area contributed by atoms with Crippen LogP contribution in [0.5, 0.6) is 0 Å². The maximum absolute atomic E-state index is 13.4. The van der Waals surface area contributed by atoms with Gasteiger partial charge in [0.2, 0.25) is 11.8 Å². The monoisotopic (exact) mass is 401 g/mol. The Morgan fingerprint density at radius 3 is 2.62 bits per heavy atom. The van der Waals surface area contributed by atoms with E-state index in [-0.39, 0.29) is 17.7 Å². The number of rotatable bonds is 9. The van der Waals surface area contributed by atoms with E-state index in [2.05, 4.69) is 24.1 Å². The fourth-order valence-electron chi connectivity index (χ4n) is 4.37. The van der Waals surface area contributed by atoms with Crippen molar-refractivity contribution in [2.45, 2.75) is 25.7 Å². The van der Waals surface area contributed by atoms with Crippen LogP contribution >= 0.6 is 0 Å². The van der Waals surface area contributed by atoms with Gasteiger partial charge in [0.25, 0.3) is 0 Å². The van der Waals surface area contributed by atoms with Gasteiger partial charge in [-0.05, 0) is 50.9 Å². The van der Waals surface area contributed by atoms with E-state index in [9.17, 15) is 9.59 Å². The van der Waals surface area contributed by atoms with Crippen LogP contribution in [-0.2, 0) is 20.7 Å². The van der Waals surface area contributed by atoms with Crippen molar-refractivity contribution in [3.63, 3.8) is 0 Å². The molecule has 6 heteroatoms. The van der Waals surface area contributed by atoms with E-state index in [4.69, 9.17) is 4.74 Å². The van der Waals surface area contributed by atoms with Crippen molar-refractivity contribution in [3.05, 3.63) is 35.9 Å². The minimum atomic E-state index is -0.221. The molecule has 0 aliphatic carbocycles. The molecule has 0 bridgehead atoms. The molecule has 29 heavy (non-hydrogen) atoms. The summed E-state index contributed by atoms with van der Waals surface area (Å²) in [6.45, 7) is 5.32. The molecular weight excluding hydrogens is 366 g/mol. The second kappa shape index (κ2) is 10.7. The van der Waals surface area contributed by atoms with E-state index >= 15 is 0 Å². The molecule has 3 rings (SSSR count). The third kappa shape index (κ3) is 6.28. The summed E-state index contributed by atoms with van der Waals surface area (Å²) in [7, 11) is 3.80. The standard InChI is InChI=1S/C23H35N3O3/c1-24-11-8-20(9-12-24)17-26(13-10-19-6-4-3-5-7-19)23(28)21-16-22(27)25(18-21)14-15-29-2/h3-7,20-21H,8-18H2,1-2H3/t21-/m0/s1. The second-order valence-electron chi connectivity index (χ2n) is 8.50. The molecule has 1 atom stereocenters. The van der Waals surface area contributed by atoms with E-state index in [0.29, 0.717) is 32.0 Å². The molecule has 0 unspecified atom stereocenters. The maximum atomic E-state index is 13.4. The van der Waals surface area contributed by atoms with Gasteiger partial charge in [-0.15, -0.1) is 0 Å². The number of amides is 2. The van der Waals surface area contributed by atoms with E-state index < -0.39 is 0 Å². The first-order chi connectivity index (χ1) is 14.1. The number of methoxy groups -OCH3 is 1. The van der Waals surface area contributed by atoms with Gasteiger partial charge in [-0.25, -0.2) is 0 Å². The van der Waals surface area contributed by atoms with Gasteiger partial charge in [-0.3, -0.25) is 9.59 Å². The first-order valence-electron chi connectivity index (χ1n) is 10.8. The van der Waals surface area contributed by atoms with Crippen molar-refractivity contribution >= 4 is 11.8 Å². The number of carbonyl (C=O) groups is 2.